The van der Waals surface area contributed by atoms with E-state index in [1.54, 1.807) is 22.8 Å². The van der Waals surface area contributed by atoms with Gasteiger partial charge in [0.15, 0.2) is 5.16 Å². The highest BCUT2D eigenvalue weighted by molar-refractivity contribution is 7.99. The van der Waals surface area contributed by atoms with Gasteiger partial charge in [-0.15, -0.1) is 21.5 Å². The number of hydrogen-bond donors (Lipinski definition) is 2. The highest BCUT2D eigenvalue weighted by atomic mass is 35.5. The third-order valence-corrected chi connectivity index (χ3v) is 8.52. The second kappa shape index (κ2) is 11.4. The molecule has 0 bridgehead atoms. The fourth-order valence-corrected chi connectivity index (χ4v) is 6.30. The second-order valence-electron chi connectivity index (χ2n) is 7.83. The Morgan fingerprint density at radius 3 is 2.77 bits per heavy atom. The highest BCUT2D eigenvalue weighted by Crippen LogP contribution is 2.37. The van der Waals surface area contributed by atoms with Crippen molar-refractivity contribution in [1.29, 1.82) is 5.26 Å². The molecule has 0 saturated heterocycles. The zero-order valence-electron chi connectivity index (χ0n) is 18.9. The Kier molecular flexibility index (Phi) is 8.34. The lowest BCUT2D eigenvalue weighted by atomic mass is 9.96. The number of aryl methyl sites for hydroxylation is 1. The lowest BCUT2D eigenvalue weighted by Crippen LogP contribution is -2.18. The standard InChI is InChI=1S/C23H22Cl2N6O2S2/c1-2-31-18(10-19(32)27-16-8-5-7-15(24)21(16)25)29-30-23(31)34-12-20(33)28-22-14(11-26)13-6-3-4-9-17(13)35-22/h5,7-8H,2-4,6,9-10,12H2,1H3,(H,27,32)(H,28,33). The van der Waals surface area contributed by atoms with E-state index in [4.69, 9.17) is 23.2 Å². The van der Waals surface area contributed by atoms with Crippen LogP contribution < -0.4 is 10.6 Å². The number of hydrogen-bond acceptors (Lipinski definition) is 7. The van der Waals surface area contributed by atoms with Crippen LogP contribution in [0.15, 0.2) is 23.4 Å². The maximum absolute atomic E-state index is 12.6. The van der Waals surface area contributed by atoms with E-state index in [-0.39, 0.29) is 29.0 Å². The Hall–Kier alpha value is -2.58. The number of benzene rings is 1. The molecule has 12 heteroatoms. The van der Waals surface area contributed by atoms with E-state index in [2.05, 4.69) is 26.9 Å². The third-order valence-electron chi connectivity index (χ3n) is 5.52. The maximum atomic E-state index is 12.6. The van der Waals surface area contributed by atoms with Crippen molar-refractivity contribution in [3.05, 3.63) is 50.1 Å². The fourth-order valence-electron chi connectivity index (χ4n) is 3.88. The molecule has 0 fully saturated rings. The minimum atomic E-state index is -0.309. The Morgan fingerprint density at radius 2 is 2.00 bits per heavy atom. The molecule has 1 aliphatic carbocycles. The molecular weight excluding hydrogens is 527 g/mol. The summed E-state index contributed by atoms with van der Waals surface area (Å²) in [6.07, 6.45) is 4.02. The lowest BCUT2D eigenvalue weighted by molar-refractivity contribution is -0.116. The van der Waals surface area contributed by atoms with Crippen molar-refractivity contribution in [2.45, 2.75) is 50.7 Å². The zero-order valence-corrected chi connectivity index (χ0v) is 22.0. The number of amides is 2. The van der Waals surface area contributed by atoms with Crippen LogP contribution >= 0.6 is 46.3 Å². The predicted molar refractivity (Wildman–Crippen MR) is 140 cm³/mol. The van der Waals surface area contributed by atoms with Gasteiger partial charge in [0.25, 0.3) is 0 Å². The average Bonchev–Trinajstić information content (AvgIpc) is 3.40. The molecule has 2 amide bonds. The Labute approximate surface area is 221 Å². The first-order chi connectivity index (χ1) is 16.9. The first kappa shape index (κ1) is 25.5. The summed E-state index contributed by atoms with van der Waals surface area (Å²) in [4.78, 5) is 26.4. The van der Waals surface area contributed by atoms with Crippen LogP contribution in [0.25, 0.3) is 0 Å². The second-order valence-corrected chi connectivity index (χ2v) is 10.7. The van der Waals surface area contributed by atoms with Crippen molar-refractivity contribution in [3.8, 4) is 6.07 Å². The van der Waals surface area contributed by atoms with E-state index in [1.165, 1.54) is 28.0 Å². The summed E-state index contributed by atoms with van der Waals surface area (Å²) in [7, 11) is 0. The van der Waals surface area contributed by atoms with E-state index in [0.717, 1.165) is 31.2 Å². The molecule has 0 aliphatic heterocycles. The average molecular weight is 550 g/mol. The Bertz CT molecular complexity index is 1310. The van der Waals surface area contributed by atoms with Crippen molar-refractivity contribution >= 4 is 68.8 Å². The minimum Gasteiger partial charge on any atom is -0.324 e. The number of rotatable bonds is 8. The van der Waals surface area contributed by atoms with Crippen molar-refractivity contribution in [2.75, 3.05) is 16.4 Å². The normalized spacial score (nSPS) is 12.6. The molecule has 8 nitrogen and oxygen atoms in total. The molecule has 0 unspecified atom stereocenters. The summed E-state index contributed by atoms with van der Waals surface area (Å²) in [6, 6.07) is 7.26. The predicted octanol–water partition coefficient (Wildman–Crippen LogP) is 5.33. The van der Waals surface area contributed by atoms with E-state index in [1.807, 2.05) is 6.92 Å². The van der Waals surface area contributed by atoms with E-state index in [9.17, 15) is 14.9 Å². The van der Waals surface area contributed by atoms with Crippen molar-refractivity contribution in [2.24, 2.45) is 0 Å². The number of nitriles is 1. The summed E-state index contributed by atoms with van der Waals surface area (Å²) in [5, 5.41) is 25.3. The monoisotopic (exact) mass is 548 g/mol. The van der Waals surface area contributed by atoms with Gasteiger partial charge in [-0.05, 0) is 50.3 Å². The molecular formula is C23H22Cl2N6O2S2. The Balaban J connectivity index is 1.37. The van der Waals surface area contributed by atoms with Gasteiger partial charge < -0.3 is 15.2 Å². The van der Waals surface area contributed by atoms with Crippen LogP contribution in [-0.4, -0.2) is 32.3 Å². The van der Waals surface area contributed by atoms with Gasteiger partial charge in [-0.3, -0.25) is 9.59 Å². The van der Waals surface area contributed by atoms with Gasteiger partial charge in [-0.25, -0.2) is 0 Å². The van der Waals surface area contributed by atoms with Crippen LogP contribution in [0.5, 0.6) is 0 Å². The number of aromatic nitrogens is 3. The van der Waals surface area contributed by atoms with Gasteiger partial charge in [0.1, 0.15) is 16.9 Å². The fraction of sp³-hybridized carbons (Fsp3) is 0.348. The number of nitrogens with one attached hydrogen (secondary N) is 2. The van der Waals surface area contributed by atoms with Crippen molar-refractivity contribution in [1.82, 2.24) is 14.8 Å². The molecule has 2 N–H and O–H groups in total. The number of thioether (sulfide) groups is 1. The first-order valence-corrected chi connectivity index (χ1v) is 13.6. The van der Waals surface area contributed by atoms with Gasteiger partial charge in [0.05, 0.1) is 33.5 Å². The maximum Gasteiger partial charge on any atom is 0.235 e. The summed E-state index contributed by atoms with van der Waals surface area (Å²) < 4.78 is 1.79. The van der Waals surface area contributed by atoms with Crippen LogP contribution in [0, 0.1) is 11.3 Å². The van der Waals surface area contributed by atoms with Crippen molar-refractivity contribution in [3.63, 3.8) is 0 Å². The zero-order chi connectivity index (χ0) is 24.9. The van der Waals surface area contributed by atoms with Gasteiger partial charge in [0, 0.05) is 11.4 Å². The molecule has 4 rings (SSSR count). The number of fused-ring (bicyclic) bond motifs is 1. The van der Waals surface area contributed by atoms with Gasteiger partial charge in [-0.1, -0.05) is 41.0 Å². The SMILES string of the molecule is CCn1c(CC(=O)Nc2cccc(Cl)c2Cl)nnc1SCC(=O)Nc1sc2c(c1C#N)CCCC2. The van der Waals surface area contributed by atoms with E-state index in [0.29, 0.717) is 38.8 Å². The summed E-state index contributed by atoms with van der Waals surface area (Å²) in [5.74, 6) is 0.0567. The summed E-state index contributed by atoms with van der Waals surface area (Å²) in [5.41, 5.74) is 2.09. The van der Waals surface area contributed by atoms with E-state index >= 15 is 0 Å². The van der Waals surface area contributed by atoms with Crippen LogP contribution in [-0.2, 0) is 35.4 Å². The largest absolute Gasteiger partial charge is 0.324 e. The van der Waals surface area contributed by atoms with Crippen molar-refractivity contribution < 1.29 is 9.59 Å². The topological polar surface area (TPSA) is 113 Å². The van der Waals surface area contributed by atoms with E-state index < -0.39 is 0 Å². The smallest absolute Gasteiger partial charge is 0.235 e. The molecule has 0 atom stereocenters. The van der Waals surface area contributed by atoms with Gasteiger partial charge in [0.2, 0.25) is 11.8 Å². The Morgan fingerprint density at radius 1 is 1.20 bits per heavy atom. The first-order valence-electron chi connectivity index (χ1n) is 11.0. The molecule has 1 aliphatic rings. The molecule has 3 aromatic rings. The summed E-state index contributed by atoms with van der Waals surface area (Å²) in [6.45, 7) is 2.45. The molecule has 0 spiro atoms. The molecule has 2 heterocycles. The highest BCUT2D eigenvalue weighted by Gasteiger charge is 2.22. The number of nitrogens with zero attached hydrogens (tertiary/aromatic N) is 4. The quantitative estimate of drug-likeness (QED) is 0.368. The minimum absolute atomic E-state index is 0.0112. The van der Waals surface area contributed by atoms with Crippen LogP contribution in [0.4, 0.5) is 10.7 Å². The number of carbonyl (C=O) groups is 2. The molecule has 2 aromatic heterocycles. The molecule has 35 heavy (non-hydrogen) atoms. The van der Waals surface area contributed by atoms with Gasteiger partial charge >= 0.3 is 0 Å². The number of halogens is 2. The van der Waals surface area contributed by atoms with Crippen LogP contribution in [0.1, 0.15) is 41.6 Å². The molecule has 0 radical (unpaired) electrons. The molecule has 0 saturated carbocycles. The number of anilines is 2. The third kappa shape index (κ3) is 5.81. The van der Waals surface area contributed by atoms with Gasteiger partial charge in [-0.2, -0.15) is 5.26 Å². The number of thiophene rings is 1. The van der Waals surface area contributed by atoms with Crippen LogP contribution in [0.3, 0.4) is 0 Å². The lowest BCUT2D eigenvalue weighted by Gasteiger charge is -2.10. The number of carbonyl (C=O) groups excluding carboxylic acids is 2. The summed E-state index contributed by atoms with van der Waals surface area (Å²) >= 11 is 14.9. The molecule has 182 valence electrons. The van der Waals surface area contributed by atoms with Crippen LogP contribution in [0.2, 0.25) is 10.0 Å². The molecule has 1 aromatic carbocycles.